The van der Waals surface area contributed by atoms with Crippen molar-refractivity contribution in [1.82, 2.24) is 19.5 Å². The fraction of sp³-hybridized carbons (Fsp3) is 0.222. The highest BCUT2D eigenvalue weighted by Gasteiger charge is 2.01. The van der Waals surface area contributed by atoms with E-state index in [2.05, 4.69) is 15.0 Å². The first kappa shape index (κ1) is 9.97. The molecule has 5 nitrogen and oxygen atoms in total. The maximum absolute atomic E-state index is 5.44. The number of hydrogen-bond donors (Lipinski definition) is 1. The Bertz CT molecular complexity index is 436. The lowest BCUT2D eigenvalue weighted by Crippen LogP contribution is -1.95. The lowest BCUT2D eigenvalue weighted by molar-refractivity contribution is 0.789. The molecule has 0 aromatic carbocycles. The molecule has 0 radical (unpaired) electrons. The Morgan fingerprint density at radius 3 is 2.80 bits per heavy atom. The average Bonchev–Trinajstić information content (AvgIpc) is 2.63. The Morgan fingerprint density at radius 2 is 2.20 bits per heavy atom. The molecule has 0 spiro atoms. The summed E-state index contributed by atoms with van der Waals surface area (Å²) in [4.78, 5) is 12.3. The van der Waals surface area contributed by atoms with Crippen LogP contribution < -0.4 is 5.73 Å². The smallest absolute Gasteiger partial charge is 0.168 e. The number of imidazole rings is 1. The van der Waals surface area contributed by atoms with E-state index in [1.54, 1.807) is 30.4 Å². The number of rotatable bonds is 3. The largest absolute Gasteiger partial charge is 0.382 e. The number of thioether (sulfide) groups is 1. The molecule has 0 amide bonds. The molecule has 0 atom stereocenters. The molecule has 0 saturated carbocycles. The zero-order valence-corrected chi connectivity index (χ0v) is 9.11. The van der Waals surface area contributed by atoms with Crippen LogP contribution in [0.1, 0.15) is 5.69 Å². The van der Waals surface area contributed by atoms with Crippen LogP contribution in [0, 0.1) is 0 Å². The number of hydrogen-bond acceptors (Lipinski definition) is 5. The molecule has 78 valence electrons. The van der Waals surface area contributed by atoms with Gasteiger partial charge in [0.2, 0.25) is 0 Å². The van der Waals surface area contributed by atoms with Crippen molar-refractivity contribution < 1.29 is 0 Å². The van der Waals surface area contributed by atoms with Gasteiger partial charge in [-0.2, -0.15) is 0 Å². The van der Waals surface area contributed by atoms with Crippen LogP contribution >= 0.6 is 11.8 Å². The molecule has 0 saturated heterocycles. The van der Waals surface area contributed by atoms with Crippen LogP contribution in [-0.2, 0) is 12.8 Å². The molecule has 0 fully saturated rings. The van der Waals surface area contributed by atoms with E-state index in [0.717, 1.165) is 16.6 Å². The van der Waals surface area contributed by atoms with E-state index in [-0.39, 0.29) is 0 Å². The molecule has 2 N–H and O–H groups in total. The standard InChI is InChI=1S/C9H11N5S/c1-14-3-2-11-9(14)15-6-7-4-13-8(10)5-12-7/h2-5H,6H2,1H3,(H2,10,13). The molecule has 0 aliphatic carbocycles. The van der Waals surface area contributed by atoms with Gasteiger partial charge in [-0.1, -0.05) is 11.8 Å². The number of aromatic nitrogens is 4. The molecule has 0 aliphatic rings. The lowest BCUT2D eigenvalue weighted by atomic mass is 10.5. The topological polar surface area (TPSA) is 69.6 Å². The molecular weight excluding hydrogens is 210 g/mol. The Hall–Kier alpha value is -1.56. The van der Waals surface area contributed by atoms with Gasteiger partial charge in [-0.15, -0.1) is 0 Å². The predicted octanol–water partition coefficient (Wildman–Crippen LogP) is 1.08. The van der Waals surface area contributed by atoms with Gasteiger partial charge in [-0.3, -0.25) is 4.98 Å². The maximum Gasteiger partial charge on any atom is 0.168 e. The third-order valence-electron chi connectivity index (χ3n) is 1.85. The van der Waals surface area contributed by atoms with Crippen molar-refractivity contribution in [3.63, 3.8) is 0 Å². The molecule has 2 aromatic heterocycles. The van der Waals surface area contributed by atoms with Gasteiger partial charge in [0.25, 0.3) is 0 Å². The first-order chi connectivity index (χ1) is 7.25. The predicted molar refractivity (Wildman–Crippen MR) is 59.2 cm³/mol. The van der Waals surface area contributed by atoms with Crippen LogP contribution in [-0.4, -0.2) is 19.5 Å². The zero-order valence-electron chi connectivity index (χ0n) is 8.29. The van der Waals surface area contributed by atoms with Gasteiger partial charge in [0.1, 0.15) is 5.82 Å². The summed E-state index contributed by atoms with van der Waals surface area (Å²) in [5.41, 5.74) is 6.34. The fourth-order valence-corrected chi connectivity index (χ4v) is 1.89. The quantitative estimate of drug-likeness (QED) is 0.785. The fourth-order valence-electron chi connectivity index (χ4n) is 1.07. The molecule has 2 heterocycles. The van der Waals surface area contributed by atoms with E-state index in [1.165, 1.54) is 0 Å². The molecule has 6 heteroatoms. The second-order valence-electron chi connectivity index (χ2n) is 3.04. The number of nitrogen functional groups attached to an aromatic ring is 1. The third-order valence-corrected chi connectivity index (χ3v) is 2.94. The van der Waals surface area contributed by atoms with Gasteiger partial charge in [-0.05, 0) is 0 Å². The van der Waals surface area contributed by atoms with Crippen molar-refractivity contribution in [1.29, 1.82) is 0 Å². The summed E-state index contributed by atoms with van der Waals surface area (Å²) in [5.74, 6) is 1.19. The molecular formula is C9H11N5S. The van der Waals surface area contributed by atoms with Crippen molar-refractivity contribution >= 4 is 17.6 Å². The number of aryl methyl sites for hydroxylation is 1. The van der Waals surface area contributed by atoms with E-state index in [1.807, 2.05) is 17.8 Å². The van der Waals surface area contributed by atoms with Crippen molar-refractivity contribution in [2.24, 2.45) is 7.05 Å². The zero-order chi connectivity index (χ0) is 10.7. The van der Waals surface area contributed by atoms with Crippen molar-refractivity contribution in [2.75, 3.05) is 5.73 Å². The van der Waals surface area contributed by atoms with E-state index < -0.39 is 0 Å². The van der Waals surface area contributed by atoms with Gasteiger partial charge in [0.15, 0.2) is 5.16 Å². The molecule has 0 aliphatic heterocycles. The van der Waals surface area contributed by atoms with Crippen molar-refractivity contribution in [3.05, 3.63) is 30.5 Å². The monoisotopic (exact) mass is 221 g/mol. The Kier molecular flexibility index (Phi) is 2.86. The summed E-state index contributed by atoms with van der Waals surface area (Å²) in [7, 11) is 1.96. The van der Waals surface area contributed by atoms with E-state index in [0.29, 0.717) is 5.82 Å². The van der Waals surface area contributed by atoms with Gasteiger partial charge >= 0.3 is 0 Å². The van der Waals surface area contributed by atoms with Crippen LogP contribution in [0.2, 0.25) is 0 Å². The minimum atomic E-state index is 0.445. The van der Waals surface area contributed by atoms with Crippen LogP contribution in [0.5, 0.6) is 0 Å². The Morgan fingerprint density at radius 1 is 1.33 bits per heavy atom. The minimum Gasteiger partial charge on any atom is -0.382 e. The van der Waals surface area contributed by atoms with E-state index in [9.17, 15) is 0 Å². The van der Waals surface area contributed by atoms with Gasteiger partial charge in [-0.25, -0.2) is 9.97 Å². The number of nitrogens with zero attached hydrogens (tertiary/aromatic N) is 4. The Labute approximate surface area is 91.8 Å². The van der Waals surface area contributed by atoms with Gasteiger partial charge < -0.3 is 10.3 Å². The third kappa shape index (κ3) is 2.47. The highest BCUT2D eigenvalue weighted by molar-refractivity contribution is 7.98. The number of nitrogens with two attached hydrogens (primary N) is 1. The molecule has 2 rings (SSSR count). The SMILES string of the molecule is Cn1ccnc1SCc1cnc(N)cn1. The molecule has 0 unspecified atom stereocenters. The summed E-state index contributed by atoms with van der Waals surface area (Å²) >= 11 is 1.62. The highest BCUT2D eigenvalue weighted by Crippen LogP contribution is 2.18. The normalized spacial score (nSPS) is 10.5. The van der Waals surface area contributed by atoms with Crippen molar-refractivity contribution in [2.45, 2.75) is 10.9 Å². The van der Waals surface area contributed by atoms with E-state index in [4.69, 9.17) is 5.73 Å². The van der Waals surface area contributed by atoms with Crippen LogP contribution in [0.15, 0.2) is 29.9 Å². The van der Waals surface area contributed by atoms with Crippen LogP contribution in [0.25, 0.3) is 0 Å². The minimum absolute atomic E-state index is 0.445. The van der Waals surface area contributed by atoms with Crippen LogP contribution in [0.4, 0.5) is 5.82 Å². The summed E-state index contributed by atoms with van der Waals surface area (Å²) in [6.07, 6.45) is 6.94. The number of anilines is 1. The van der Waals surface area contributed by atoms with Crippen molar-refractivity contribution in [3.8, 4) is 0 Å². The summed E-state index contributed by atoms with van der Waals surface area (Å²) in [6.45, 7) is 0. The Balaban J connectivity index is 1.99. The van der Waals surface area contributed by atoms with E-state index >= 15 is 0 Å². The average molecular weight is 221 g/mol. The second kappa shape index (κ2) is 4.31. The second-order valence-corrected chi connectivity index (χ2v) is 3.98. The summed E-state index contributed by atoms with van der Waals surface area (Å²) in [6, 6.07) is 0. The molecule has 2 aromatic rings. The van der Waals surface area contributed by atoms with Gasteiger partial charge in [0.05, 0.1) is 18.1 Å². The maximum atomic E-state index is 5.44. The summed E-state index contributed by atoms with van der Waals surface area (Å²) < 4.78 is 1.97. The molecule has 15 heavy (non-hydrogen) atoms. The summed E-state index contributed by atoms with van der Waals surface area (Å²) in [5, 5.41) is 0.966. The molecule has 0 bridgehead atoms. The highest BCUT2D eigenvalue weighted by atomic mass is 32.2. The lowest BCUT2D eigenvalue weighted by Gasteiger charge is -2.01. The first-order valence-electron chi connectivity index (χ1n) is 4.42. The van der Waals surface area contributed by atoms with Gasteiger partial charge in [0, 0.05) is 25.2 Å². The van der Waals surface area contributed by atoms with Crippen LogP contribution in [0.3, 0.4) is 0 Å². The first-order valence-corrected chi connectivity index (χ1v) is 5.41.